The predicted molar refractivity (Wildman–Crippen MR) is 131 cm³/mol. The highest BCUT2D eigenvalue weighted by atomic mass is 16.7. The molecule has 2 N–H and O–H groups in total. The van der Waals surface area contributed by atoms with Crippen molar-refractivity contribution in [3.63, 3.8) is 0 Å². The molecule has 0 saturated carbocycles. The van der Waals surface area contributed by atoms with Gasteiger partial charge in [0.25, 0.3) is 5.91 Å². The second kappa shape index (κ2) is 10.4. The van der Waals surface area contributed by atoms with Crippen molar-refractivity contribution in [3.8, 4) is 17.2 Å². The fourth-order valence-corrected chi connectivity index (χ4v) is 4.02. The number of hydrogen-bond acceptors (Lipinski definition) is 6. The number of nitrogens with one attached hydrogen (secondary N) is 2. The Hall–Kier alpha value is -4.53. The van der Waals surface area contributed by atoms with Gasteiger partial charge in [0.15, 0.2) is 11.5 Å². The maximum Gasteiger partial charge on any atom is 0.325 e. The monoisotopic (exact) mass is 487 g/mol. The lowest BCUT2D eigenvalue weighted by atomic mass is 10.1. The third-order valence-corrected chi connectivity index (χ3v) is 5.93. The maximum absolute atomic E-state index is 12.8. The van der Waals surface area contributed by atoms with E-state index in [0.717, 1.165) is 16.0 Å². The van der Waals surface area contributed by atoms with E-state index < -0.39 is 12.1 Å². The van der Waals surface area contributed by atoms with Crippen molar-refractivity contribution in [2.75, 3.05) is 12.1 Å². The van der Waals surface area contributed by atoms with Crippen LogP contribution in [0.3, 0.4) is 0 Å². The molecule has 0 aromatic heterocycles. The van der Waals surface area contributed by atoms with Crippen LogP contribution in [0.15, 0.2) is 72.8 Å². The van der Waals surface area contributed by atoms with Gasteiger partial charge < -0.3 is 24.8 Å². The highest BCUT2D eigenvalue weighted by Crippen LogP contribution is 2.33. The van der Waals surface area contributed by atoms with Crippen molar-refractivity contribution >= 4 is 23.5 Å². The molecule has 0 aliphatic carbocycles. The van der Waals surface area contributed by atoms with Gasteiger partial charge >= 0.3 is 6.03 Å². The fraction of sp³-hybridized carbons (Fsp3) is 0.222. The van der Waals surface area contributed by atoms with Crippen LogP contribution in [0.1, 0.15) is 24.0 Å². The molecule has 1 atom stereocenters. The Kier molecular flexibility index (Phi) is 6.70. The predicted octanol–water partition coefficient (Wildman–Crippen LogP) is 3.83. The van der Waals surface area contributed by atoms with Gasteiger partial charge in [-0.1, -0.05) is 36.4 Å². The molecule has 5 rings (SSSR count). The third-order valence-electron chi connectivity index (χ3n) is 5.93. The Morgan fingerprint density at radius 1 is 0.972 bits per heavy atom. The summed E-state index contributed by atoms with van der Waals surface area (Å²) in [4.78, 5) is 38.7. The van der Waals surface area contributed by atoms with E-state index in [2.05, 4.69) is 10.6 Å². The minimum absolute atomic E-state index is 0.0841. The summed E-state index contributed by atoms with van der Waals surface area (Å²) in [6.07, 6.45) is 0.285. The molecule has 9 nitrogen and oxygen atoms in total. The van der Waals surface area contributed by atoms with Crippen LogP contribution in [-0.4, -0.2) is 35.6 Å². The molecule has 0 spiro atoms. The van der Waals surface area contributed by atoms with E-state index >= 15 is 0 Å². The van der Waals surface area contributed by atoms with Gasteiger partial charge in [0.1, 0.15) is 18.4 Å². The minimum atomic E-state index is -0.744. The summed E-state index contributed by atoms with van der Waals surface area (Å²) in [6, 6.07) is 21.0. The Bertz CT molecular complexity index is 1260. The van der Waals surface area contributed by atoms with E-state index in [4.69, 9.17) is 14.2 Å². The normalized spacial score (nSPS) is 16.1. The van der Waals surface area contributed by atoms with E-state index in [9.17, 15) is 14.4 Å². The molecule has 1 saturated heterocycles. The summed E-state index contributed by atoms with van der Waals surface area (Å²) in [5, 5.41) is 5.48. The summed E-state index contributed by atoms with van der Waals surface area (Å²) in [7, 11) is 0. The van der Waals surface area contributed by atoms with Crippen molar-refractivity contribution in [1.82, 2.24) is 10.2 Å². The molecular formula is C27H25N3O6. The number of amides is 4. The zero-order valence-corrected chi connectivity index (χ0v) is 19.4. The number of benzene rings is 3. The molecule has 2 heterocycles. The molecule has 1 fully saturated rings. The largest absolute Gasteiger partial charge is 0.489 e. The number of hydrogen-bond donors (Lipinski definition) is 2. The first kappa shape index (κ1) is 23.2. The second-order valence-electron chi connectivity index (χ2n) is 8.50. The number of fused-ring (bicyclic) bond motifs is 1. The zero-order valence-electron chi connectivity index (χ0n) is 19.4. The van der Waals surface area contributed by atoms with Crippen LogP contribution in [0.2, 0.25) is 0 Å². The number of carbonyl (C=O) groups excluding carboxylic acids is 3. The van der Waals surface area contributed by atoms with Crippen molar-refractivity contribution < 1.29 is 28.6 Å². The summed E-state index contributed by atoms with van der Waals surface area (Å²) in [5.74, 6) is 1.31. The molecule has 36 heavy (non-hydrogen) atoms. The van der Waals surface area contributed by atoms with Gasteiger partial charge in [0.05, 0.1) is 6.54 Å². The van der Waals surface area contributed by atoms with Crippen LogP contribution in [0.25, 0.3) is 0 Å². The number of imide groups is 1. The van der Waals surface area contributed by atoms with Crippen molar-refractivity contribution in [1.29, 1.82) is 0 Å². The molecule has 9 heteroatoms. The first-order chi connectivity index (χ1) is 17.5. The fourth-order valence-electron chi connectivity index (χ4n) is 4.02. The average Bonchev–Trinajstić information content (AvgIpc) is 3.47. The quantitative estimate of drug-likeness (QED) is 0.445. The SMILES string of the molecule is O=C(CCC1NC(=O)N(Cc2ccc3c(c2)OCO3)C1=O)Nc1ccc(OCc2ccccc2)cc1. The molecule has 184 valence electrons. The van der Waals surface area contributed by atoms with E-state index in [1.807, 2.05) is 30.3 Å². The van der Waals surface area contributed by atoms with Crippen LogP contribution in [-0.2, 0) is 22.7 Å². The molecular weight excluding hydrogens is 462 g/mol. The number of carbonyl (C=O) groups is 3. The van der Waals surface area contributed by atoms with E-state index in [-0.39, 0.29) is 38.0 Å². The highest BCUT2D eigenvalue weighted by Gasteiger charge is 2.38. The van der Waals surface area contributed by atoms with Gasteiger partial charge in [-0.25, -0.2) is 4.79 Å². The molecule has 0 bridgehead atoms. The molecule has 2 aliphatic heterocycles. The molecule has 2 aliphatic rings. The van der Waals surface area contributed by atoms with Gasteiger partial charge in [0.2, 0.25) is 12.7 Å². The second-order valence-corrected chi connectivity index (χ2v) is 8.50. The molecule has 3 aromatic rings. The Labute approximate surface area is 208 Å². The van der Waals surface area contributed by atoms with Crippen LogP contribution in [0, 0.1) is 0 Å². The van der Waals surface area contributed by atoms with Crippen LogP contribution >= 0.6 is 0 Å². The summed E-state index contributed by atoms with van der Waals surface area (Å²) in [5.41, 5.74) is 2.44. The molecule has 0 radical (unpaired) electrons. The first-order valence-electron chi connectivity index (χ1n) is 11.6. The molecule has 1 unspecified atom stereocenters. The van der Waals surface area contributed by atoms with Gasteiger partial charge in [-0.3, -0.25) is 14.5 Å². The highest BCUT2D eigenvalue weighted by molar-refractivity contribution is 6.04. The van der Waals surface area contributed by atoms with E-state index in [0.29, 0.717) is 29.5 Å². The van der Waals surface area contributed by atoms with Crippen LogP contribution < -0.4 is 24.8 Å². The van der Waals surface area contributed by atoms with E-state index in [1.165, 1.54) is 0 Å². The smallest absolute Gasteiger partial charge is 0.325 e. The third kappa shape index (κ3) is 5.41. The lowest BCUT2D eigenvalue weighted by molar-refractivity contribution is -0.128. The zero-order chi connectivity index (χ0) is 24.9. The number of ether oxygens (including phenoxy) is 3. The molecule has 3 aromatic carbocycles. The van der Waals surface area contributed by atoms with Gasteiger partial charge in [0, 0.05) is 12.1 Å². The lowest BCUT2D eigenvalue weighted by Crippen LogP contribution is -2.31. The number of nitrogens with zero attached hydrogens (tertiary/aromatic N) is 1. The number of anilines is 1. The lowest BCUT2D eigenvalue weighted by Gasteiger charge is -2.13. The van der Waals surface area contributed by atoms with Crippen molar-refractivity contribution in [2.24, 2.45) is 0 Å². The summed E-state index contributed by atoms with van der Waals surface area (Å²) >= 11 is 0. The standard InChI is InChI=1S/C27H25N3O6/c31-25(28-20-7-9-21(10-8-20)34-16-18-4-2-1-3-5-18)13-11-22-26(32)30(27(33)29-22)15-19-6-12-23-24(14-19)36-17-35-23/h1-10,12,14,22H,11,13,15-17H2,(H,28,31)(H,29,33). The number of urea groups is 1. The van der Waals surface area contributed by atoms with Crippen molar-refractivity contribution in [2.45, 2.75) is 32.0 Å². The average molecular weight is 488 g/mol. The van der Waals surface area contributed by atoms with E-state index in [1.54, 1.807) is 42.5 Å². The van der Waals surface area contributed by atoms with Crippen molar-refractivity contribution in [3.05, 3.63) is 83.9 Å². The van der Waals surface area contributed by atoms with Crippen LogP contribution in [0.5, 0.6) is 17.2 Å². The maximum atomic E-state index is 12.8. The minimum Gasteiger partial charge on any atom is -0.489 e. The summed E-state index contributed by atoms with van der Waals surface area (Å²) < 4.78 is 16.4. The first-order valence-corrected chi connectivity index (χ1v) is 11.6. The Morgan fingerprint density at radius 2 is 1.75 bits per heavy atom. The number of rotatable bonds is 9. The molecule has 4 amide bonds. The van der Waals surface area contributed by atoms with Crippen LogP contribution in [0.4, 0.5) is 10.5 Å². The van der Waals surface area contributed by atoms with Gasteiger partial charge in [-0.2, -0.15) is 0 Å². The topological polar surface area (TPSA) is 106 Å². The summed E-state index contributed by atoms with van der Waals surface area (Å²) in [6.45, 7) is 0.723. The Balaban J connectivity index is 1.08. The van der Waals surface area contributed by atoms with Gasteiger partial charge in [-0.15, -0.1) is 0 Å². The Morgan fingerprint density at radius 3 is 2.56 bits per heavy atom. The van der Waals surface area contributed by atoms with Gasteiger partial charge in [-0.05, 0) is 53.9 Å².